The molecule has 0 spiro atoms. The Morgan fingerprint density at radius 1 is 1.58 bits per heavy atom. The highest BCUT2D eigenvalue weighted by molar-refractivity contribution is 5.73. The number of ether oxygens (including phenoxy) is 1. The van der Waals surface area contributed by atoms with Gasteiger partial charge in [-0.1, -0.05) is 0 Å². The molecule has 0 radical (unpaired) electrons. The number of hydrogen-bond acceptors (Lipinski definition) is 5. The minimum absolute atomic E-state index is 0.274. The Bertz CT molecular complexity index is 438. The molecule has 1 atom stereocenters. The fraction of sp³-hybridized carbons (Fsp3) is 0.833. The Balaban J connectivity index is 1.95. The van der Waals surface area contributed by atoms with Crippen molar-refractivity contribution in [1.29, 1.82) is 0 Å². The number of rotatable bonds is 6. The monoisotopic (exact) mass is 268 g/mol. The molecule has 1 saturated heterocycles. The van der Waals surface area contributed by atoms with Gasteiger partial charge in [0, 0.05) is 13.0 Å². The van der Waals surface area contributed by atoms with Gasteiger partial charge in [0.25, 0.3) is 0 Å². The second-order valence-corrected chi connectivity index (χ2v) is 5.62. The number of nitrogens with zero attached hydrogens (tertiary/aromatic N) is 4. The van der Waals surface area contributed by atoms with Gasteiger partial charge in [-0.3, -0.25) is 4.79 Å². The highest BCUT2D eigenvalue weighted by Gasteiger charge is 2.29. The maximum absolute atomic E-state index is 11.1. The summed E-state index contributed by atoms with van der Waals surface area (Å²) in [6, 6.07) is 0. The number of hydrogen-bond donors (Lipinski definition) is 1. The van der Waals surface area contributed by atoms with Crippen molar-refractivity contribution in [2.75, 3.05) is 6.61 Å². The minimum Gasteiger partial charge on any atom is -0.481 e. The average molecular weight is 268 g/mol. The number of tetrazole rings is 1. The van der Waals surface area contributed by atoms with E-state index in [2.05, 4.69) is 15.5 Å². The predicted octanol–water partition coefficient (Wildman–Crippen LogP) is 0.895. The molecule has 0 aliphatic carbocycles. The van der Waals surface area contributed by atoms with Gasteiger partial charge in [0.05, 0.1) is 18.1 Å². The highest BCUT2D eigenvalue weighted by atomic mass is 16.5. The number of carboxylic acid groups (broad SMARTS) is 1. The summed E-state index contributed by atoms with van der Waals surface area (Å²) in [5.41, 5.74) is -0.881. The van der Waals surface area contributed by atoms with Crippen LogP contribution >= 0.6 is 0 Å². The van der Waals surface area contributed by atoms with Gasteiger partial charge in [0.1, 0.15) is 0 Å². The molecule has 1 unspecified atom stereocenters. The number of carbonyl (C=O) groups is 1. The van der Waals surface area contributed by atoms with Gasteiger partial charge in [-0.05, 0) is 43.5 Å². The fourth-order valence-electron chi connectivity index (χ4n) is 2.13. The van der Waals surface area contributed by atoms with Gasteiger partial charge in [0.15, 0.2) is 5.82 Å². The van der Waals surface area contributed by atoms with Gasteiger partial charge in [-0.2, -0.15) is 0 Å². The van der Waals surface area contributed by atoms with Crippen molar-refractivity contribution >= 4 is 5.97 Å². The van der Waals surface area contributed by atoms with Crippen molar-refractivity contribution in [3.05, 3.63) is 5.82 Å². The lowest BCUT2D eigenvalue weighted by molar-refractivity contribution is -0.147. The van der Waals surface area contributed by atoms with Crippen LogP contribution in [0.1, 0.15) is 38.9 Å². The molecular formula is C12H20N4O3. The zero-order valence-electron chi connectivity index (χ0n) is 11.4. The molecule has 0 aromatic carbocycles. The van der Waals surface area contributed by atoms with E-state index in [9.17, 15) is 4.79 Å². The molecule has 1 aliphatic heterocycles. The maximum Gasteiger partial charge on any atom is 0.310 e. The Morgan fingerprint density at radius 2 is 2.37 bits per heavy atom. The van der Waals surface area contributed by atoms with Crippen LogP contribution in [0.4, 0.5) is 0 Å². The molecule has 1 N–H and O–H groups in total. The van der Waals surface area contributed by atoms with Crippen molar-refractivity contribution in [3.63, 3.8) is 0 Å². The standard InChI is InChI=1S/C12H20N4O3/c1-12(2,11(17)18)8-16-10(13-14-15-16)6-5-9-4-3-7-19-9/h9H,3-8H2,1-2H3,(H,17,18). The van der Waals surface area contributed by atoms with Crippen molar-refractivity contribution in [1.82, 2.24) is 20.2 Å². The smallest absolute Gasteiger partial charge is 0.310 e. The fourth-order valence-corrected chi connectivity index (χ4v) is 2.13. The van der Waals surface area contributed by atoms with Gasteiger partial charge in [-0.25, -0.2) is 4.68 Å². The summed E-state index contributed by atoms with van der Waals surface area (Å²) in [4.78, 5) is 11.1. The van der Waals surface area contributed by atoms with Gasteiger partial charge < -0.3 is 9.84 Å². The van der Waals surface area contributed by atoms with Crippen molar-refractivity contribution < 1.29 is 14.6 Å². The first-order chi connectivity index (χ1) is 8.99. The highest BCUT2D eigenvalue weighted by Crippen LogP contribution is 2.20. The van der Waals surface area contributed by atoms with Crippen LogP contribution in [0.3, 0.4) is 0 Å². The summed E-state index contributed by atoms with van der Waals surface area (Å²) in [6.45, 7) is 4.44. The molecule has 0 bridgehead atoms. The van der Waals surface area contributed by atoms with Crippen LogP contribution in [0.2, 0.25) is 0 Å². The van der Waals surface area contributed by atoms with Gasteiger partial charge in [0.2, 0.25) is 0 Å². The number of aromatic nitrogens is 4. The van der Waals surface area contributed by atoms with Crippen LogP contribution in [0.15, 0.2) is 0 Å². The lowest BCUT2D eigenvalue weighted by atomic mass is 9.94. The molecule has 7 nitrogen and oxygen atoms in total. The van der Waals surface area contributed by atoms with E-state index in [-0.39, 0.29) is 12.6 Å². The molecule has 106 valence electrons. The Kier molecular flexibility index (Phi) is 4.14. The summed E-state index contributed by atoms with van der Waals surface area (Å²) in [5.74, 6) is -0.127. The van der Waals surface area contributed by atoms with E-state index in [4.69, 9.17) is 9.84 Å². The predicted molar refractivity (Wildman–Crippen MR) is 66.5 cm³/mol. The summed E-state index contributed by atoms with van der Waals surface area (Å²) in [6.07, 6.45) is 4.09. The Labute approximate surface area is 111 Å². The van der Waals surface area contributed by atoms with E-state index < -0.39 is 11.4 Å². The topological polar surface area (TPSA) is 90.1 Å². The van der Waals surface area contributed by atoms with Crippen LogP contribution in [-0.4, -0.2) is 44.0 Å². The second-order valence-electron chi connectivity index (χ2n) is 5.62. The largest absolute Gasteiger partial charge is 0.481 e. The van der Waals surface area contributed by atoms with Crippen molar-refractivity contribution in [3.8, 4) is 0 Å². The maximum atomic E-state index is 11.1. The van der Waals surface area contributed by atoms with Gasteiger partial charge >= 0.3 is 5.97 Å². The van der Waals surface area contributed by atoms with E-state index in [1.165, 1.54) is 0 Å². The zero-order valence-corrected chi connectivity index (χ0v) is 11.4. The molecule has 1 aliphatic rings. The second kappa shape index (κ2) is 5.64. The van der Waals surface area contributed by atoms with E-state index in [1.54, 1.807) is 18.5 Å². The molecule has 19 heavy (non-hydrogen) atoms. The average Bonchev–Trinajstić information content (AvgIpc) is 2.96. The summed E-state index contributed by atoms with van der Waals surface area (Å²) < 4.78 is 7.14. The molecule has 2 heterocycles. The lowest BCUT2D eigenvalue weighted by Crippen LogP contribution is -2.30. The van der Waals surface area contributed by atoms with Crippen LogP contribution in [0.5, 0.6) is 0 Å². The van der Waals surface area contributed by atoms with Crippen LogP contribution in [0.25, 0.3) is 0 Å². The number of aryl methyl sites for hydroxylation is 1. The van der Waals surface area contributed by atoms with E-state index in [0.717, 1.165) is 31.7 Å². The van der Waals surface area contributed by atoms with Crippen LogP contribution in [-0.2, 0) is 22.5 Å². The Morgan fingerprint density at radius 3 is 3.00 bits per heavy atom. The summed E-state index contributed by atoms with van der Waals surface area (Å²) in [5, 5.41) is 20.6. The number of aliphatic carboxylic acids is 1. The first-order valence-electron chi connectivity index (χ1n) is 6.59. The van der Waals surface area contributed by atoms with E-state index in [0.29, 0.717) is 6.42 Å². The third-order valence-corrected chi connectivity index (χ3v) is 3.44. The number of carboxylic acids is 1. The van der Waals surface area contributed by atoms with Crippen LogP contribution in [0, 0.1) is 5.41 Å². The van der Waals surface area contributed by atoms with Crippen molar-refractivity contribution in [2.45, 2.75) is 52.2 Å². The molecule has 1 fully saturated rings. The van der Waals surface area contributed by atoms with E-state index in [1.807, 2.05) is 0 Å². The first kappa shape index (κ1) is 13.9. The minimum atomic E-state index is -0.881. The normalized spacial score (nSPS) is 19.8. The molecule has 7 heteroatoms. The lowest BCUT2D eigenvalue weighted by Gasteiger charge is -2.19. The molecular weight excluding hydrogens is 248 g/mol. The van der Waals surface area contributed by atoms with E-state index >= 15 is 0 Å². The first-order valence-corrected chi connectivity index (χ1v) is 6.59. The quantitative estimate of drug-likeness (QED) is 0.824. The van der Waals surface area contributed by atoms with Gasteiger partial charge in [-0.15, -0.1) is 5.10 Å². The molecule has 1 aromatic rings. The summed E-state index contributed by atoms with van der Waals surface area (Å²) >= 11 is 0. The molecule has 1 aromatic heterocycles. The molecule has 0 saturated carbocycles. The third-order valence-electron chi connectivity index (χ3n) is 3.44. The zero-order chi connectivity index (χ0) is 13.9. The molecule has 2 rings (SSSR count). The summed E-state index contributed by atoms with van der Waals surface area (Å²) in [7, 11) is 0. The SMILES string of the molecule is CC(C)(Cn1nnnc1CCC1CCCO1)C(=O)O. The molecule has 0 amide bonds. The van der Waals surface area contributed by atoms with Crippen LogP contribution < -0.4 is 0 Å². The van der Waals surface area contributed by atoms with Crippen molar-refractivity contribution in [2.24, 2.45) is 5.41 Å². The third kappa shape index (κ3) is 3.50. The Hall–Kier alpha value is -1.50.